The molecule has 0 aliphatic rings. The maximum absolute atomic E-state index is 12.3. The highest BCUT2D eigenvalue weighted by molar-refractivity contribution is 5.98. The van der Waals surface area contributed by atoms with E-state index in [1.54, 1.807) is 12.1 Å². The van der Waals surface area contributed by atoms with Crippen molar-refractivity contribution in [1.82, 2.24) is 15.3 Å². The summed E-state index contributed by atoms with van der Waals surface area (Å²) in [6, 6.07) is 6.84. The third-order valence-corrected chi connectivity index (χ3v) is 3.37. The molecule has 0 radical (unpaired) electrons. The van der Waals surface area contributed by atoms with Crippen molar-refractivity contribution in [2.24, 2.45) is 5.73 Å². The highest BCUT2D eigenvalue weighted by atomic mass is 16.4. The number of anilines is 2. The van der Waals surface area contributed by atoms with Crippen molar-refractivity contribution < 1.29 is 19.5 Å². The van der Waals surface area contributed by atoms with Crippen LogP contribution in [0.1, 0.15) is 28.2 Å². The lowest BCUT2D eigenvalue weighted by Gasteiger charge is -2.13. The number of amides is 2. The molecule has 136 valence electrons. The molecule has 0 saturated carbocycles. The monoisotopic (exact) mass is 357 g/mol. The first-order valence-electron chi connectivity index (χ1n) is 7.76. The molecule has 1 aromatic heterocycles. The van der Waals surface area contributed by atoms with Gasteiger partial charge in [0.2, 0.25) is 11.9 Å². The molecule has 0 spiro atoms. The molecule has 26 heavy (non-hydrogen) atoms. The lowest BCUT2D eigenvalue weighted by molar-refractivity contribution is -0.140. The van der Waals surface area contributed by atoms with Crippen molar-refractivity contribution in [3.05, 3.63) is 47.3 Å². The maximum atomic E-state index is 12.3. The predicted octanol–water partition coefficient (Wildman–Crippen LogP) is 0.895. The van der Waals surface area contributed by atoms with Gasteiger partial charge in [-0.2, -0.15) is 0 Å². The van der Waals surface area contributed by atoms with E-state index >= 15 is 0 Å². The summed E-state index contributed by atoms with van der Waals surface area (Å²) in [6.07, 6.45) is -0.491. The van der Waals surface area contributed by atoms with E-state index in [9.17, 15) is 14.4 Å². The average Bonchev–Trinajstić information content (AvgIpc) is 2.52. The Hall–Kier alpha value is -3.49. The summed E-state index contributed by atoms with van der Waals surface area (Å²) in [7, 11) is 0. The highest BCUT2D eigenvalue weighted by Gasteiger charge is 2.22. The van der Waals surface area contributed by atoms with Gasteiger partial charge in [-0.3, -0.25) is 9.59 Å². The number of aromatic nitrogens is 2. The normalized spacial score (nSPS) is 11.5. The molecule has 0 fully saturated rings. The second-order valence-corrected chi connectivity index (χ2v) is 5.71. The molecule has 0 aliphatic carbocycles. The molecule has 2 rings (SSSR count). The molecule has 0 aliphatic heterocycles. The number of primary amides is 1. The van der Waals surface area contributed by atoms with Gasteiger partial charge in [0.15, 0.2) is 0 Å². The van der Waals surface area contributed by atoms with Crippen LogP contribution in [0.4, 0.5) is 11.6 Å². The van der Waals surface area contributed by atoms with Gasteiger partial charge in [-0.25, -0.2) is 14.8 Å². The zero-order valence-corrected chi connectivity index (χ0v) is 14.3. The summed E-state index contributed by atoms with van der Waals surface area (Å²) in [5.41, 5.74) is 7.37. The Kier molecular flexibility index (Phi) is 5.84. The van der Waals surface area contributed by atoms with Crippen LogP contribution in [-0.2, 0) is 9.59 Å². The number of carboxylic acids is 1. The van der Waals surface area contributed by atoms with Crippen LogP contribution in [0.25, 0.3) is 0 Å². The molecule has 2 aromatic rings. The van der Waals surface area contributed by atoms with Gasteiger partial charge in [0.25, 0.3) is 5.91 Å². The van der Waals surface area contributed by atoms with Crippen LogP contribution in [0.2, 0.25) is 0 Å². The van der Waals surface area contributed by atoms with Crippen molar-refractivity contribution in [3.63, 3.8) is 0 Å². The molecule has 1 unspecified atom stereocenters. The van der Waals surface area contributed by atoms with E-state index in [4.69, 9.17) is 10.8 Å². The average molecular weight is 357 g/mol. The molecule has 0 saturated heterocycles. The number of aliphatic carboxylic acids is 1. The Balaban J connectivity index is 2.15. The fraction of sp³-hybridized carbons (Fsp3) is 0.235. The minimum atomic E-state index is -1.39. The predicted molar refractivity (Wildman–Crippen MR) is 93.9 cm³/mol. The Morgan fingerprint density at radius 2 is 1.81 bits per heavy atom. The molecule has 5 N–H and O–H groups in total. The molecular weight excluding hydrogens is 338 g/mol. The van der Waals surface area contributed by atoms with Gasteiger partial charge >= 0.3 is 5.97 Å². The first-order valence-corrected chi connectivity index (χ1v) is 7.76. The van der Waals surface area contributed by atoms with Gasteiger partial charge < -0.3 is 21.5 Å². The number of nitrogens with one attached hydrogen (secondary N) is 2. The summed E-state index contributed by atoms with van der Waals surface area (Å²) in [5.74, 6) is -2.41. The number of nitrogens with two attached hydrogens (primary N) is 1. The van der Waals surface area contributed by atoms with E-state index in [1.807, 2.05) is 19.9 Å². The summed E-state index contributed by atoms with van der Waals surface area (Å²) in [6.45, 7) is 3.68. The molecule has 9 heteroatoms. The van der Waals surface area contributed by atoms with E-state index < -0.39 is 30.2 Å². The molecule has 2 amide bonds. The molecule has 1 aromatic carbocycles. The quantitative estimate of drug-likeness (QED) is 0.575. The first kappa shape index (κ1) is 18.8. The standard InChI is InChI=1S/C17H19N5O4/c1-9-6-10(2)20-17(19-9)21-12-5-3-4-11(7-12)15(24)22-13(16(25)26)8-14(18)23/h3-7,13H,8H2,1-2H3,(H2,18,23)(H,22,24)(H,25,26)(H,19,20,21). The van der Waals surface area contributed by atoms with Crippen molar-refractivity contribution in [1.29, 1.82) is 0 Å². The first-order chi connectivity index (χ1) is 12.2. The van der Waals surface area contributed by atoms with Gasteiger partial charge in [0.05, 0.1) is 6.42 Å². The van der Waals surface area contributed by atoms with Crippen molar-refractivity contribution >= 4 is 29.4 Å². The van der Waals surface area contributed by atoms with E-state index in [0.29, 0.717) is 11.6 Å². The number of nitrogens with zero attached hydrogens (tertiary/aromatic N) is 2. The van der Waals surface area contributed by atoms with Crippen LogP contribution in [0.15, 0.2) is 30.3 Å². The molecule has 0 bridgehead atoms. The second-order valence-electron chi connectivity index (χ2n) is 5.71. The van der Waals surface area contributed by atoms with Crippen molar-refractivity contribution in [2.75, 3.05) is 5.32 Å². The van der Waals surface area contributed by atoms with Gasteiger partial charge in [-0.15, -0.1) is 0 Å². The van der Waals surface area contributed by atoms with E-state index in [2.05, 4.69) is 20.6 Å². The van der Waals surface area contributed by atoms with Crippen LogP contribution < -0.4 is 16.4 Å². The number of aryl methyl sites for hydroxylation is 2. The van der Waals surface area contributed by atoms with Crippen LogP contribution in [0.3, 0.4) is 0 Å². The summed E-state index contributed by atoms with van der Waals surface area (Å²) in [5, 5.41) is 14.3. The van der Waals surface area contributed by atoms with Crippen molar-refractivity contribution in [3.8, 4) is 0 Å². The third-order valence-electron chi connectivity index (χ3n) is 3.37. The number of carbonyl (C=O) groups is 3. The Bertz CT molecular complexity index is 833. The van der Waals surface area contributed by atoms with Gasteiger partial charge in [-0.1, -0.05) is 6.07 Å². The fourth-order valence-corrected chi connectivity index (χ4v) is 2.29. The van der Waals surface area contributed by atoms with Crippen molar-refractivity contribution in [2.45, 2.75) is 26.3 Å². The van der Waals surface area contributed by atoms with Gasteiger partial charge in [0.1, 0.15) is 6.04 Å². The fourth-order valence-electron chi connectivity index (χ4n) is 2.29. The lowest BCUT2D eigenvalue weighted by atomic mass is 10.1. The number of hydrogen-bond acceptors (Lipinski definition) is 6. The highest BCUT2D eigenvalue weighted by Crippen LogP contribution is 2.16. The lowest BCUT2D eigenvalue weighted by Crippen LogP contribution is -2.43. The minimum Gasteiger partial charge on any atom is -0.480 e. The summed E-state index contributed by atoms with van der Waals surface area (Å²) in [4.78, 5) is 42.8. The zero-order valence-electron chi connectivity index (χ0n) is 14.3. The number of carbonyl (C=O) groups excluding carboxylic acids is 2. The summed E-state index contributed by atoms with van der Waals surface area (Å²) >= 11 is 0. The van der Waals surface area contributed by atoms with Crippen LogP contribution in [-0.4, -0.2) is 38.9 Å². The Labute approximate surface area is 149 Å². The number of rotatable bonds is 7. The number of carboxylic acid groups (broad SMARTS) is 1. The molecular formula is C17H19N5O4. The second kappa shape index (κ2) is 8.06. The Morgan fingerprint density at radius 3 is 2.38 bits per heavy atom. The smallest absolute Gasteiger partial charge is 0.326 e. The van der Waals surface area contributed by atoms with E-state index in [0.717, 1.165) is 11.4 Å². The molecule has 9 nitrogen and oxygen atoms in total. The Morgan fingerprint density at radius 1 is 1.15 bits per heavy atom. The van der Waals surface area contributed by atoms with E-state index in [-0.39, 0.29) is 5.56 Å². The van der Waals surface area contributed by atoms with Gasteiger partial charge in [0, 0.05) is 22.6 Å². The number of benzene rings is 1. The van der Waals surface area contributed by atoms with Crippen LogP contribution >= 0.6 is 0 Å². The van der Waals surface area contributed by atoms with Gasteiger partial charge in [-0.05, 0) is 38.1 Å². The van der Waals surface area contributed by atoms with E-state index in [1.165, 1.54) is 12.1 Å². The summed E-state index contributed by atoms with van der Waals surface area (Å²) < 4.78 is 0. The maximum Gasteiger partial charge on any atom is 0.326 e. The molecule has 1 atom stereocenters. The topological polar surface area (TPSA) is 147 Å². The minimum absolute atomic E-state index is 0.218. The third kappa shape index (κ3) is 5.26. The largest absolute Gasteiger partial charge is 0.480 e. The number of hydrogen-bond donors (Lipinski definition) is 4. The zero-order chi connectivity index (χ0) is 19.3. The SMILES string of the molecule is Cc1cc(C)nc(Nc2cccc(C(=O)NC(CC(N)=O)C(=O)O)c2)n1. The van der Waals surface area contributed by atoms with Crippen LogP contribution in [0, 0.1) is 13.8 Å². The van der Waals surface area contributed by atoms with Crippen LogP contribution in [0.5, 0.6) is 0 Å². The molecule has 1 heterocycles.